The molecule has 8 nitrogen and oxygen atoms in total. The lowest BCUT2D eigenvalue weighted by molar-refractivity contribution is -0.111. The number of aromatic nitrogens is 2. The van der Waals surface area contributed by atoms with Crippen LogP contribution in [0.15, 0.2) is 30.3 Å². The molecular formula is C25H29ClN6O2. The quantitative estimate of drug-likeness (QED) is 0.630. The van der Waals surface area contributed by atoms with Crippen LogP contribution in [0.3, 0.4) is 0 Å². The third-order valence-electron chi connectivity index (χ3n) is 7.00. The first-order valence-electron chi connectivity index (χ1n) is 11.8. The Kier molecular flexibility index (Phi) is 7.63. The highest BCUT2D eigenvalue weighted by molar-refractivity contribution is 6.32. The number of rotatable bonds is 6. The van der Waals surface area contributed by atoms with Crippen LogP contribution in [0.2, 0.25) is 5.02 Å². The van der Waals surface area contributed by atoms with Gasteiger partial charge in [-0.05, 0) is 68.9 Å². The fraction of sp³-hybridized carbons (Fsp3) is 0.480. The molecule has 2 aliphatic rings. The summed E-state index contributed by atoms with van der Waals surface area (Å²) in [6.07, 6.45) is 6.32. The molecule has 1 aromatic carbocycles. The Morgan fingerprint density at radius 3 is 2.47 bits per heavy atom. The molecule has 2 heterocycles. The van der Waals surface area contributed by atoms with E-state index in [2.05, 4.69) is 31.4 Å². The van der Waals surface area contributed by atoms with Crippen molar-refractivity contribution in [1.29, 1.82) is 5.26 Å². The smallest absolute Gasteiger partial charge is 0.272 e. The number of nitrogens with one attached hydrogen (secondary N) is 1. The van der Waals surface area contributed by atoms with Gasteiger partial charge in [0.25, 0.3) is 5.91 Å². The van der Waals surface area contributed by atoms with Crippen molar-refractivity contribution in [2.24, 2.45) is 5.92 Å². The molecule has 0 spiro atoms. The van der Waals surface area contributed by atoms with E-state index in [9.17, 15) is 9.59 Å². The summed E-state index contributed by atoms with van der Waals surface area (Å²) >= 11 is 6.19. The van der Waals surface area contributed by atoms with Crippen molar-refractivity contribution in [3.05, 3.63) is 46.6 Å². The van der Waals surface area contributed by atoms with E-state index in [0.717, 1.165) is 69.4 Å². The molecular weight excluding hydrogens is 452 g/mol. The number of piperidine rings is 1. The zero-order valence-electron chi connectivity index (χ0n) is 19.3. The van der Waals surface area contributed by atoms with Gasteiger partial charge >= 0.3 is 0 Å². The first-order chi connectivity index (χ1) is 16.5. The van der Waals surface area contributed by atoms with Crippen LogP contribution < -0.4 is 15.1 Å². The number of amides is 1. The maximum absolute atomic E-state index is 12.7. The van der Waals surface area contributed by atoms with Crippen LogP contribution >= 0.6 is 11.6 Å². The molecule has 0 atom stereocenters. The third kappa shape index (κ3) is 5.48. The number of hydrogen-bond acceptors (Lipinski definition) is 7. The van der Waals surface area contributed by atoms with Crippen molar-refractivity contribution in [2.75, 3.05) is 29.9 Å². The van der Waals surface area contributed by atoms with Crippen molar-refractivity contribution >= 4 is 35.3 Å². The van der Waals surface area contributed by atoms with E-state index in [0.29, 0.717) is 22.3 Å². The second-order valence-electron chi connectivity index (χ2n) is 9.10. The highest BCUT2D eigenvalue weighted by Gasteiger charge is 2.26. The molecule has 9 heteroatoms. The number of hydrogen-bond donors (Lipinski definition) is 1. The van der Waals surface area contributed by atoms with Crippen LogP contribution in [0.4, 0.5) is 11.5 Å². The standard InChI is InChI=1S/C25H29ClN6O2/c1-31(21-5-2-18(15-27)22(26)14-21)20-6-3-19(4-7-20)28-25(34)23-8-9-24(30-29-23)32-12-10-17(16-33)11-13-32/h2,5,8-9,14,16-17,19-20H,3-4,6-7,10-13H2,1H3,(H,28,34). The second-order valence-corrected chi connectivity index (χ2v) is 9.51. The minimum absolute atomic E-state index is 0.102. The van der Waals surface area contributed by atoms with Gasteiger partial charge in [-0.25, -0.2) is 0 Å². The summed E-state index contributed by atoms with van der Waals surface area (Å²) in [6.45, 7) is 1.55. The number of carbonyl (C=O) groups is 2. The van der Waals surface area contributed by atoms with Crippen molar-refractivity contribution in [2.45, 2.75) is 50.6 Å². The number of aldehydes is 1. The van der Waals surface area contributed by atoms with Gasteiger partial charge in [0.05, 0.1) is 10.6 Å². The maximum atomic E-state index is 12.7. The summed E-state index contributed by atoms with van der Waals surface area (Å²) in [7, 11) is 2.04. The highest BCUT2D eigenvalue weighted by atomic mass is 35.5. The van der Waals surface area contributed by atoms with E-state index < -0.39 is 0 Å². The molecule has 1 N–H and O–H groups in total. The molecule has 1 saturated carbocycles. The molecule has 34 heavy (non-hydrogen) atoms. The van der Waals surface area contributed by atoms with Gasteiger partial charge in [-0.15, -0.1) is 10.2 Å². The Balaban J connectivity index is 1.27. The number of carbonyl (C=O) groups excluding carboxylic acids is 2. The van der Waals surface area contributed by atoms with Crippen LogP contribution in [0, 0.1) is 17.2 Å². The zero-order valence-corrected chi connectivity index (χ0v) is 20.0. The molecule has 2 aromatic rings. The van der Waals surface area contributed by atoms with Crippen LogP contribution in [0.1, 0.15) is 54.6 Å². The molecule has 1 aliphatic heterocycles. The second kappa shape index (κ2) is 10.8. The summed E-state index contributed by atoms with van der Waals surface area (Å²) in [4.78, 5) is 27.9. The topological polar surface area (TPSA) is 102 Å². The van der Waals surface area contributed by atoms with Crippen molar-refractivity contribution < 1.29 is 9.59 Å². The predicted molar refractivity (Wildman–Crippen MR) is 131 cm³/mol. The maximum Gasteiger partial charge on any atom is 0.272 e. The first-order valence-corrected chi connectivity index (χ1v) is 12.1. The van der Waals surface area contributed by atoms with Crippen molar-refractivity contribution in [1.82, 2.24) is 15.5 Å². The summed E-state index contributed by atoms with van der Waals surface area (Å²) in [5.74, 6) is 0.674. The summed E-state index contributed by atoms with van der Waals surface area (Å²) in [5, 5.41) is 21.0. The molecule has 1 amide bonds. The number of halogens is 1. The third-order valence-corrected chi connectivity index (χ3v) is 7.31. The Bertz CT molecular complexity index is 1050. The monoisotopic (exact) mass is 480 g/mol. The SMILES string of the molecule is CN(c1ccc(C#N)c(Cl)c1)C1CCC(NC(=O)c2ccc(N3CCC(C=O)CC3)nn2)CC1. The number of nitrogens with zero attached hydrogens (tertiary/aromatic N) is 5. The van der Waals surface area contributed by atoms with E-state index in [1.165, 1.54) is 0 Å². The lowest BCUT2D eigenvalue weighted by Crippen LogP contribution is -2.43. The summed E-state index contributed by atoms with van der Waals surface area (Å²) < 4.78 is 0. The van der Waals surface area contributed by atoms with E-state index in [-0.39, 0.29) is 17.9 Å². The molecule has 1 aromatic heterocycles. The van der Waals surface area contributed by atoms with E-state index in [1.54, 1.807) is 12.1 Å². The molecule has 2 fully saturated rings. The first kappa shape index (κ1) is 24.0. The Labute approximate surface area is 204 Å². The van der Waals surface area contributed by atoms with Crippen molar-refractivity contribution in [3.8, 4) is 6.07 Å². The lowest BCUT2D eigenvalue weighted by atomic mass is 9.90. The molecule has 1 saturated heterocycles. The van der Waals surface area contributed by atoms with Gasteiger partial charge in [-0.2, -0.15) is 5.26 Å². The molecule has 0 bridgehead atoms. The highest BCUT2D eigenvalue weighted by Crippen LogP contribution is 2.29. The summed E-state index contributed by atoms with van der Waals surface area (Å²) in [6, 6.07) is 11.6. The molecule has 0 unspecified atom stereocenters. The van der Waals surface area contributed by atoms with E-state index in [1.807, 2.05) is 25.2 Å². The lowest BCUT2D eigenvalue weighted by Gasteiger charge is -2.36. The normalized spacial score (nSPS) is 20.9. The summed E-state index contributed by atoms with van der Waals surface area (Å²) in [5.41, 5.74) is 1.78. The van der Waals surface area contributed by atoms with E-state index in [4.69, 9.17) is 16.9 Å². The van der Waals surface area contributed by atoms with Gasteiger partial charge in [-0.1, -0.05) is 11.6 Å². The van der Waals surface area contributed by atoms with Gasteiger partial charge in [-0.3, -0.25) is 4.79 Å². The molecule has 4 rings (SSSR count). The minimum atomic E-state index is -0.200. The van der Waals surface area contributed by atoms with Crippen LogP contribution in [-0.2, 0) is 4.79 Å². The van der Waals surface area contributed by atoms with Crippen LogP contribution in [-0.4, -0.2) is 54.6 Å². The van der Waals surface area contributed by atoms with Gasteiger partial charge in [0.1, 0.15) is 12.4 Å². The molecule has 1 aliphatic carbocycles. The Hall–Kier alpha value is -3.18. The largest absolute Gasteiger partial charge is 0.372 e. The average Bonchev–Trinajstić information content (AvgIpc) is 2.89. The van der Waals surface area contributed by atoms with Gasteiger partial charge in [0.2, 0.25) is 0 Å². The van der Waals surface area contributed by atoms with Crippen LogP contribution in [0.25, 0.3) is 0 Å². The number of benzene rings is 1. The van der Waals surface area contributed by atoms with E-state index >= 15 is 0 Å². The van der Waals surface area contributed by atoms with Gasteiger partial charge in [0.15, 0.2) is 11.5 Å². The van der Waals surface area contributed by atoms with Crippen LogP contribution in [0.5, 0.6) is 0 Å². The fourth-order valence-electron chi connectivity index (χ4n) is 4.77. The Morgan fingerprint density at radius 1 is 1.15 bits per heavy atom. The fourth-order valence-corrected chi connectivity index (χ4v) is 4.99. The molecule has 178 valence electrons. The number of nitriles is 1. The van der Waals surface area contributed by atoms with Crippen molar-refractivity contribution in [3.63, 3.8) is 0 Å². The Morgan fingerprint density at radius 2 is 1.88 bits per heavy atom. The number of anilines is 2. The van der Waals surface area contributed by atoms with Gasteiger partial charge in [0, 0.05) is 43.8 Å². The average molecular weight is 481 g/mol. The zero-order chi connectivity index (χ0) is 24.1. The predicted octanol–water partition coefficient (Wildman–Crippen LogP) is 3.59. The minimum Gasteiger partial charge on any atom is -0.372 e. The molecule has 0 radical (unpaired) electrons. The van der Waals surface area contributed by atoms with Gasteiger partial charge < -0.3 is 19.9 Å².